The highest BCUT2D eigenvalue weighted by Crippen LogP contribution is 2.14. The van der Waals surface area contributed by atoms with E-state index in [1.807, 2.05) is 30.3 Å². The predicted molar refractivity (Wildman–Crippen MR) is 101 cm³/mol. The minimum Gasteiger partial charge on any atom is -0.464 e. The van der Waals surface area contributed by atoms with Crippen molar-refractivity contribution in [3.8, 4) is 0 Å². The van der Waals surface area contributed by atoms with E-state index in [2.05, 4.69) is 9.72 Å². The molecule has 0 aliphatic rings. The van der Waals surface area contributed by atoms with E-state index in [4.69, 9.17) is 4.74 Å². The van der Waals surface area contributed by atoms with Gasteiger partial charge in [0.2, 0.25) is 5.91 Å². The van der Waals surface area contributed by atoms with Crippen molar-refractivity contribution in [2.45, 2.75) is 13.0 Å². The first-order valence-corrected chi connectivity index (χ1v) is 9.05. The van der Waals surface area contributed by atoms with Crippen molar-refractivity contribution >= 4 is 29.3 Å². The van der Waals surface area contributed by atoms with Gasteiger partial charge in [0.05, 0.1) is 13.7 Å². The van der Waals surface area contributed by atoms with Crippen molar-refractivity contribution in [3.63, 3.8) is 0 Å². The van der Waals surface area contributed by atoms with Gasteiger partial charge in [-0.25, -0.2) is 9.78 Å². The highest BCUT2D eigenvalue weighted by molar-refractivity contribution is 7.09. The van der Waals surface area contributed by atoms with Crippen LogP contribution in [0.3, 0.4) is 0 Å². The Hall–Kier alpha value is -2.51. The number of aromatic nitrogens is 1. The second-order valence-corrected chi connectivity index (χ2v) is 6.41. The first kappa shape index (κ1) is 19.8. The fraction of sp³-hybridized carbons (Fsp3) is 0.316. The Morgan fingerprint density at radius 2 is 2.00 bits per heavy atom. The standard InChI is InChI=1S/C19H22N2O4S/c1-24-12-6-11-21(13-17-20-16(14-26-17)19(23)25-2)18(22)10-9-15-7-4-3-5-8-15/h3-5,7-10,14H,6,11-13H2,1-2H3/b10-9+. The van der Waals surface area contributed by atoms with Gasteiger partial charge in [0, 0.05) is 31.7 Å². The van der Waals surface area contributed by atoms with E-state index in [1.165, 1.54) is 18.4 Å². The average Bonchev–Trinajstić information content (AvgIpc) is 3.14. The number of nitrogens with zero attached hydrogens (tertiary/aromatic N) is 2. The van der Waals surface area contributed by atoms with Crippen molar-refractivity contribution in [1.82, 2.24) is 9.88 Å². The molecule has 1 amide bonds. The van der Waals surface area contributed by atoms with Crippen LogP contribution >= 0.6 is 11.3 Å². The molecule has 138 valence electrons. The van der Waals surface area contributed by atoms with Gasteiger partial charge in [-0.3, -0.25) is 4.79 Å². The second kappa shape index (κ2) is 10.5. The number of rotatable bonds is 9. The van der Waals surface area contributed by atoms with Crippen LogP contribution in [-0.2, 0) is 20.8 Å². The summed E-state index contributed by atoms with van der Waals surface area (Å²) < 4.78 is 9.74. The van der Waals surface area contributed by atoms with Crippen LogP contribution in [0.1, 0.15) is 27.5 Å². The number of benzene rings is 1. The normalized spacial score (nSPS) is 10.8. The molecular formula is C19H22N2O4S. The lowest BCUT2D eigenvalue weighted by Crippen LogP contribution is -2.30. The lowest BCUT2D eigenvalue weighted by Gasteiger charge is -2.20. The van der Waals surface area contributed by atoms with Gasteiger partial charge in [0.25, 0.3) is 0 Å². The summed E-state index contributed by atoms with van der Waals surface area (Å²) in [5.41, 5.74) is 1.22. The summed E-state index contributed by atoms with van der Waals surface area (Å²) in [5, 5.41) is 2.32. The Balaban J connectivity index is 2.06. The summed E-state index contributed by atoms with van der Waals surface area (Å²) in [6.07, 6.45) is 4.06. The number of hydrogen-bond donors (Lipinski definition) is 0. The quantitative estimate of drug-likeness (QED) is 0.383. The van der Waals surface area contributed by atoms with Crippen molar-refractivity contribution in [3.05, 3.63) is 58.1 Å². The zero-order valence-electron chi connectivity index (χ0n) is 14.9. The minimum atomic E-state index is -0.478. The summed E-state index contributed by atoms with van der Waals surface area (Å²) in [6.45, 7) is 1.44. The Bertz CT molecular complexity index is 743. The molecule has 26 heavy (non-hydrogen) atoms. The molecule has 0 saturated carbocycles. The van der Waals surface area contributed by atoms with E-state index in [-0.39, 0.29) is 11.6 Å². The van der Waals surface area contributed by atoms with Gasteiger partial charge >= 0.3 is 5.97 Å². The second-order valence-electron chi connectivity index (χ2n) is 5.47. The van der Waals surface area contributed by atoms with Crippen molar-refractivity contribution in [1.29, 1.82) is 0 Å². The molecule has 0 N–H and O–H groups in total. The van der Waals surface area contributed by atoms with Gasteiger partial charge < -0.3 is 14.4 Å². The lowest BCUT2D eigenvalue weighted by molar-refractivity contribution is -0.126. The van der Waals surface area contributed by atoms with Crippen LogP contribution in [0.2, 0.25) is 0 Å². The van der Waals surface area contributed by atoms with Crippen LogP contribution in [0.5, 0.6) is 0 Å². The number of carbonyl (C=O) groups is 2. The lowest BCUT2D eigenvalue weighted by atomic mass is 10.2. The third-order valence-electron chi connectivity index (χ3n) is 3.58. The number of hydrogen-bond acceptors (Lipinski definition) is 6. The molecule has 2 rings (SSSR count). The third-order valence-corrected chi connectivity index (χ3v) is 4.41. The first-order valence-electron chi connectivity index (χ1n) is 8.17. The number of carbonyl (C=O) groups excluding carboxylic acids is 2. The molecule has 6 nitrogen and oxygen atoms in total. The molecule has 1 aromatic heterocycles. The summed E-state index contributed by atoms with van der Waals surface area (Å²) in [6, 6.07) is 9.64. The van der Waals surface area contributed by atoms with Crippen LogP contribution in [0.4, 0.5) is 0 Å². The third kappa shape index (κ3) is 6.09. The molecule has 0 bridgehead atoms. The van der Waals surface area contributed by atoms with Gasteiger partial charge in [-0.05, 0) is 18.1 Å². The van der Waals surface area contributed by atoms with Crippen LogP contribution in [0.15, 0.2) is 41.8 Å². The first-order chi connectivity index (χ1) is 12.6. The van der Waals surface area contributed by atoms with Gasteiger partial charge in [-0.15, -0.1) is 11.3 Å². The van der Waals surface area contributed by atoms with Crippen LogP contribution in [0, 0.1) is 0 Å². The Morgan fingerprint density at radius 3 is 2.69 bits per heavy atom. The molecule has 0 atom stereocenters. The van der Waals surface area contributed by atoms with Gasteiger partial charge in [-0.1, -0.05) is 30.3 Å². The zero-order chi connectivity index (χ0) is 18.8. The number of thiazole rings is 1. The smallest absolute Gasteiger partial charge is 0.357 e. The SMILES string of the molecule is COCCCN(Cc1nc(C(=O)OC)cs1)C(=O)/C=C/c1ccccc1. The highest BCUT2D eigenvalue weighted by atomic mass is 32.1. The number of amides is 1. The Morgan fingerprint density at radius 1 is 1.23 bits per heavy atom. The fourth-order valence-electron chi connectivity index (χ4n) is 2.25. The molecule has 0 aliphatic heterocycles. The molecule has 0 unspecified atom stereocenters. The molecule has 0 radical (unpaired) electrons. The van der Waals surface area contributed by atoms with E-state index >= 15 is 0 Å². The van der Waals surface area contributed by atoms with E-state index < -0.39 is 5.97 Å². The van der Waals surface area contributed by atoms with Crippen molar-refractivity contribution in [2.24, 2.45) is 0 Å². The maximum Gasteiger partial charge on any atom is 0.357 e. The minimum absolute atomic E-state index is 0.111. The molecule has 7 heteroatoms. The zero-order valence-corrected chi connectivity index (χ0v) is 15.7. The van der Waals surface area contributed by atoms with Crippen molar-refractivity contribution < 1.29 is 19.1 Å². The summed E-state index contributed by atoms with van der Waals surface area (Å²) in [5.74, 6) is -0.589. The van der Waals surface area contributed by atoms with Gasteiger partial charge in [0.15, 0.2) is 5.69 Å². The highest BCUT2D eigenvalue weighted by Gasteiger charge is 2.16. The van der Waals surface area contributed by atoms with E-state index in [0.717, 1.165) is 12.0 Å². The summed E-state index contributed by atoms with van der Waals surface area (Å²) in [7, 11) is 2.95. The van der Waals surface area contributed by atoms with Crippen LogP contribution in [-0.4, -0.2) is 49.1 Å². The Kier molecular flexibility index (Phi) is 7.98. The molecule has 0 fully saturated rings. The molecule has 0 saturated heterocycles. The molecule has 0 spiro atoms. The molecule has 2 aromatic rings. The van der Waals surface area contributed by atoms with Gasteiger partial charge in [-0.2, -0.15) is 0 Å². The summed E-state index contributed by atoms with van der Waals surface area (Å²) in [4.78, 5) is 30.1. The molecule has 0 aliphatic carbocycles. The van der Waals surface area contributed by atoms with Gasteiger partial charge in [0.1, 0.15) is 5.01 Å². The molecule has 1 heterocycles. The Labute approximate surface area is 157 Å². The summed E-state index contributed by atoms with van der Waals surface area (Å²) >= 11 is 1.33. The number of methoxy groups -OCH3 is 2. The van der Waals surface area contributed by atoms with E-state index in [1.54, 1.807) is 29.5 Å². The van der Waals surface area contributed by atoms with Crippen LogP contribution in [0.25, 0.3) is 6.08 Å². The fourth-order valence-corrected chi connectivity index (χ4v) is 3.03. The topological polar surface area (TPSA) is 68.7 Å². The van der Waals surface area contributed by atoms with E-state index in [9.17, 15) is 9.59 Å². The molecule has 1 aromatic carbocycles. The molecular weight excluding hydrogens is 352 g/mol. The predicted octanol–water partition coefficient (Wildman–Crippen LogP) is 3.01. The largest absolute Gasteiger partial charge is 0.464 e. The maximum atomic E-state index is 12.6. The number of esters is 1. The monoisotopic (exact) mass is 374 g/mol. The van der Waals surface area contributed by atoms with Crippen LogP contribution < -0.4 is 0 Å². The maximum absolute atomic E-state index is 12.6. The average molecular weight is 374 g/mol. The number of ether oxygens (including phenoxy) is 2. The van der Waals surface area contributed by atoms with Crippen molar-refractivity contribution in [2.75, 3.05) is 27.4 Å². The van der Waals surface area contributed by atoms with E-state index in [0.29, 0.717) is 24.7 Å².